The number of nitrogens with zero attached hydrogens (tertiary/aromatic N) is 1. The lowest BCUT2D eigenvalue weighted by atomic mass is 9.69. The molecule has 0 unspecified atom stereocenters. The van der Waals surface area contributed by atoms with Gasteiger partial charge in [0.05, 0.1) is 35.3 Å². The fraction of sp³-hybridized carbons (Fsp3) is 0.231. The maximum atomic E-state index is 14.0. The van der Waals surface area contributed by atoms with Crippen molar-refractivity contribution in [3.63, 3.8) is 0 Å². The van der Waals surface area contributed by atoms with Crippen molar-refractivity contribution in [1.82, 2.24) is 0 Å². The number of aromatic hydroxyl groups is 1. The number of imide groups is 1. The maximum absolute atomic E-state index is 14.0. The monoisotopic (exact) mass is 631 g/mol. The number of benzene rings is 4. The van der Waals surface area contributed by atoms with Gasteiger partial charge in [-0.2, -0.15) is 0 Å². The second-order valence-corrected chi connectivity index (χ2v) is 12.5. The zero-order valence-electron chi connectivity index (χ0n) is 25.2. The first-order chi connectivity index (χ1) is 22.5. The number of para-hydroxylation sites is 2. The van der Waals surface area contributed by atoms with Gasteiger partial charge >= 0.3 is 0 Å². The van der Waals surface area contributed by atoms with Crippen molar-refractivity contribution in [2.75, 3.05) is 18.1 Å². The van der Waals surface area contributed by atoms with Gasteiger partial charge in [0.1, 0.15) is 18.1 Å². The minimum atomic E-state index is -0.465. The summed E-state index contributed by atoms with van der Waals surface area (Å²) in [5.74, 6) is -0.539. The van der Waals surface area contributed by atoms with Gasteiger partial charge in [0.15, 0.2) is 0 Å². The highest BCUT2D eigenvalue weighted by molar-refractivity contribution is 6.32. The summed E-state index contributed by atoms with van der Waals surface area (Å²) in [6.07, 6.45) is 3.66. The van der Waals surface area contributed by atoms with Crippen LogP contribution in [0.15, 0.2) is 120 Å². The largest absolute Gasteiger partial charge is 0.508 e. The van der Waals surface area contributed by atoms with Crippen LogP contribution >= 0.6 is 11.6 Å². The molecule has 2 aliphatic heterocycles. The highest BCUT2D eigenvalue weighted by atomic mass is 35.5. The summed E-state index contributed by atoms with van der Waals surface area (Å²) in [5.41, 5.74) is 5.72. The minimum absolute atomic E-state index is 0.118. The third-order valence-corrected chi connectivity index (χ3v) is 9.64. The average Bonchev–Trinajstić information content (AvgIpc) is 3.62. The Bertz CT molecular complexity index is 1800. The van der Waals surface area contributed by atoms with Gasteiger partial charge in [0.2, 0.25) is 11.8 Å². The van der Waals surface area contributed by atoms with E-state index in [-0.39, 0.29) is 29.6 Å². The Balaban J connectivity index is 1.20. The van der Waals surface area contributed by atoms with E-state index in [4.69, 9.17) is 21.1 Å². The van der Waals surface area contributed by atoms with Crippen molar-refractivity contribution in [3.05, 3.63) is 136 Å². The Morgan fingerprint density at radius 3 is 2.30 bits per heavy atom. The quantitative estimate of drug-likeness (QED) is 0.115. The number of carbonyl (C=O) groups excluding carboxylic acids is 2. The van der Waals surface area contributed by atoms with Gasteiger partial charge in [-0.1, -0.05) is 78.3 Å². The molecule has 0 aromatic heterocycles. The molecule has 0 spiro atoms. The van der Waals surface area contributed by atoms with Crippen molar-refractivity contribution >= 4 is 40.8 Å². The van der Waals surface area contributed by atoms with Gasteiger partial charge in [-0.3, -0.25) is 14.5 Å². The van der Waals surface area contributed by atoms with Crippen LogP contribution in [0.3, 0.4) is 0 Å². The summed E-state index contributed by atoms with van der Waals surface area (Å²) in [6.45, 7) is 0.710. The van der Waals surface area contributed by atoms with Crippen LogP contribution in [0.2, 0.25) is 5.02 Å². The van der Waals surface area contributed by atoms with Gasteiger partial charge in [0, 0.05) is 5.92 Å². The Hall–Kier alpha value is -4.65. The predicted octanol–water partition coefficient (Wildman–Crippen LogP) is 7.97. The number of allylic oxidation sites excluding steroid dienone is 1. The maximum Gasteiger partial charge on any atom is 0.238 e. The van der Waals surface area contributed by atoms with E-state index in [0.29, 0.717) is 43.2 Å². The molecule has 46 heavy (non-hydrogen) atoms. The minimum Gasteiger partial charge on any atom is -0.508 e. The number of hydrogen-bond acceptors (Lipinski definition) is 5. The van der Waals surface area contributed by atoms with Crippen LogP contribution < -0.4 is 9.64 Å². The number of phenolic OH excluding ortho intramolecular Hbond substituents is 1. The molecule has 2 heterocycles. The van der Waals surface area contributed by atoms with Gasteiger partial charge in [-0.15, -0.1) is 0 Å². The van der Waals surface area contributed by atoms with E-state index in [1.807, 2.05) is 84.9 Å². The van der Waals surface area contributed by atoms with E-state index in [9.17, 15) is 14.7 Å². The Morgan fingerprint density at radius 1 is 0.891 bits per heavy atom. The van der Waals surface area contributed by atoms with Gasteiger partial charge in [-0.25, -0.2) is 0 Å². The molecule has 0 bridgehead atoms. The van der Waals surface area contributed by atoms with E-state index in [1.54, 1.807) is 12.1 Å². The Morgan fingerprint density at radius 2 is 1.59 bits per heavy atom. The molecule has 1 N–H and O–H groups in total. The molecule has 232 valence electrons. The van der Waals surface area contributed by atoms with Gasteiger partial charge < -0.3 is 14.6 Å². The van der Waals surface area contributed by atoms with E-state index in [1.165, 1.54) is 4.90 Å². The fourth-order valence-electron chi connectivity index (χ4n) is 7.18. The van der Waals surface area contributed by atoms with Crippen LogP contribution in [-0.4, -0.2) is 36.2 Å². The number of phenols is 1. The number of hydrogen-bond donors (Lipinski definition) is 1. The topological polar surface area (TPSA) is 76.1 Å². The van der Waals surface area contributed by atoms with Gasteiger partial charge in [-0.05, 0) is 95.6 Å². The van der Waals surface area contributed by atoms with Crippen LogP contribution in [0.1, 0.15) is 30.4 Å². The smallest absolute Gasteiger partial charge is 0.238 e. The highest BCUT2D eigenvalue weighted by Crippen LogP contribution is 2.51. The lowest BCUT2D eigenvalue weighted by Gasteiger charge is -2.31. The van der Waals surface area contributed by atoms with Crippen molar-refractivity contribution < 1.29 is 24.2 Å². The number of amides is 2. The molecule has 2 amide bonds. The first-order valence-electron chi connectivity index (χ1n) is 15.7. The second kappa shape index (κ2) is 13.0. The molecule has 4 aromatic carbocycles. The Labute approximate surface area is 273 Å². The summed E-state index contributed by atoms with van der Waals surface area (Å²) in [5, 5.41) is 10.4. The van der Waals surface area contributed by atoms with E-state index in [0.717, 1.165) is 33.6 Å². The van der Waals surface area contributed by atoms with Crippen LogP contribution in [-0.2, 0) is 14.3 Å². The van der Waals surface area contributed by atoms with Crippen LogP contribution in [0.5, 0.6) is 11.5 Å². The Kier molecular flexibility index (Phi) is 8.48. The zero-order chi connectivity index (χ0) is 31.6. The SMILES string of the molecule is O=C1[C@@H]2[C@@H](CC(COc3ccccc3)=C3[C@@H](CC/C(=C/c4ccc(O)cc4Cl)c4ccccc4)OC[C@@H]32)C(=O)N1c1ccccc1. The molecule has 7 rings (SSSR count). The summed E-state index contributed by atoms with van der Waals surface area (Å²) in [6, 6.07) is 34.0. The standard InChI is InChI=1S/C39H34ClNO5/c40-34-22-30(42)18-16-27(34)20-26(25-10-4-1-5-11-25)17-19-35-36-28(23-45-31-14-8-3-9-15-31)21-32-37(33(36)24-46-35)39(44)41(38(32)43)29-12-6-2-7-13-29/h1-16,18,20,22,32-33,35,37,42H,17,19,21,23-24H2/b26-20-/t32-,33+,35-,37-/m1/s1. The number of fused-ring (bicyclic) bond motifs is 3. The number of carbonyl (C=O) groups is 2. The molecule has 4 atom stereocenters. The molecular weight excluding hydrogens is 598 g/mol. The summed E-state index contributed by atoms with van der Waals surface area (Å²) in [4.78, 5) is 29.1. The first kappa shape index (κ1) is 30.0. The van der Waals surface area contributed by atoms with E-state index in [2.05, 4.69) is 18.2 Å². The normalized spacial score (nSPS) is 22.6. The van der Waals surface area contributed by atoms with Crippen LogP contribution in [0.25, 0.3) is 11.6 Å². The number of rotatable bonds is 9. The molecule has 7 heteroatoms. The van der Waals surface area contributed by atoms with Crippen molar-refractivity contribution in [1.29, 1.82) is 0 Å². The molecular formula is C39H34ClNO5. The number of halogens is 1. The molecule has 1 aliphatic carbocycles. The van der Waals surface area contributed by atoms with E-state index >= 15 is 0 Å². The molecule has 0 saturated carbocycles. The molecule has 3 aliphatic rings. The molecule has 2 fully saturated rings. The lowest BCUT2D eigenvalue weighted by Crippen LogP contribution is -2.35. The number of ether oxygens (including phenoxy) is 2. The summed E-state index contributed by atoms with van der Waals surface area (Å²) >= 11 is 6.50. The third-order valence-electron chi connectivity index (χ3n) is 9.31. The molecule has 2 saturated heterocycles. The van der Waals surface area contributed by atoms with Crippen molar-refractivity contribution in [2.45, 2.75) is 25.4 Å². The second-order valence-electron chi connectivity index (χ2n) is 12.1. The highest BCUT2D eigenvalue weighted by Gasteiger charge is 2.57. The summed E-state index contributed by atoms with van der Waals surface area (Å²) in [7, 11) is 0. The third kappa shape index (κ3) is 5.86. The molecule has 6 nitrogen and oxygen atoms in total. The number of anilines is 1. The zero-order valence-corrected chi connectivity index (χ0v) is 26.0. The molecule has 4 aromatic rings. The predicted molar refractivity (Wildman–Crippen MR) is 179 cm³/mol. The van der Waals surface area contributed by atoms with Crippen molar-refractivity contribution in [2.24, 2.45) is 17.8 Å². The van der Waals surface area contributed by atoms with Gasteiger partial charge in [0.25, 0.3) is 0 Å². The molecule has 0 radical (unpaired) electrons. The first-order valence-corrected chi connectivity index (χ1v) is 16.0. The summed E-state index contributed by atoms with van der Waals surface area (Å²) < 4.78 is 12.8. The van der Waals surface area contributed by atoms with Crippen molar-refractivity contribution in [3.8, 4) is 11.5 Å². The fourth-order valence-corrected chi connectivity index (χ4v) is 7.41. The van der Waals surface area contributed by atoms with Crippen LogP contribution in [0, 0.1) is 17.8 Å². The van der Waals surface area contributed by atoms with E-state index < -0.39 is 11.8 Å². The van der Waals surface area contributed by atoms with Crippen LogP contribution in [0.4, 0.5) is 5.69 Å². The lowest BCUT2D eigenvalue weighted by molar-refractivity contribution is -0.122. The average molecular weight is 632 g/mol.